The zero-order chi connectivity index (χ0) is 25.6. The lowest BCUT2D eigenvalue weighted by Gasteiger charge is -2.44. The number of aryl methyl sites for hydroxylation is 6. The maximum atomic E-state index is 13.0. The summed E-state index contributed by atoms with van der Waals surface area (Å²) in [5.41, 5.74) is 7.88. The molecule has 0 spiro atoms. The SMILES string of the molecule is CCc1cc(CC)c(S(OC(C)=O)(c2ccccc2)c2c(CC)cc(CC)cc2CC)c(CC)c1. The Hall–Kier alpha value is -2.52. The first-order valence-corrected chi connectivity index (χ1v) is 14.8. The van der Waals surface area contributed by atoms with E-state index in [1.165, 1.54) is 43.2 Å². The molecule has 3 rings (SSSR count). The first kappa shape index (κ1) is 27.1. The van der Waals surface area contributed by atoms with Crippen LogP contribution in [0.15, 0.2) is 69.3 Å². The molecule has 2 nitrogen and oxygen atoms in total. The van der Waals surface area contributed by atoms with Gasteiger partial charge < -0.3 is 4.18 Å². The summed E-state index contributed by atoms with van der Waals surface area (Å²) in [7, 11) is -2.30. The smallest absolute Gasteiger partial charge is 0.313 e. The normalized spacial score (nSPS) is 12.0. The van der Waals surface area contributed by atoms with Crippen LogP contribution >= 0.6 is 10.3 Å². The van der Waals surface area contributed by atoms with E-state index in [1.54, 1.807) is 6.92 Å². The molecule has 0 N–H and O–H groups in total. The molecule has 0 atom stereocenters. The van der Waals surface area contributed by atoms with Gasteiger partial charge in [-0.25, -0.2) is 0 Å². The molecule has 0 heterocycles. The highest BCUT2D eigenvalue weighted by molar-refractivity contribution is 8.30. The third kappa shape index (κ3) is 5.21. The van der Waals surface area contributed by atoms with Crippen molar-refractivity contribution in [1.29, 1.82) is 0 Å². The Morgan fingerprint density at radius 1 is 0.629 bits per heavy atom. The molecule has 0 saturated heterocycles. The first-order valence-electron chi connectivity index (χ1n) is 13.3. The molecule has 0 radical (unpaired) electrons. The summed E-state index contributed by atoms with van der Waals surface area (Å²) in [5, 5.41) is 0. The molecular formula is C32H42O2S. The van der Waals surface area contributed by atoms with Gasteiger partial charge in [-0.1, -0.05) is 84.0 Å². The van der Waals surface area contributed by atoms with Crippen LogP contribution in [0.4, 0.5) is 0 Å². The van der Waals surface area contributed by atoms with E-state index < -0.39 is 10.3 Å². The second kappa shape index (κ2) is 11.9. The van der Waals surface area contributed by atoms with Gasteiger partial charge >= 0.3 is 5.97 Å². The number of carbonyl (C=O) groups is 1. The summed E-state index contributed by atoms with van der Waals surface area (Å²) in [5.74, 6) is -0.226. The largest absolute Gasteiger partial charge is 0.402 e. The second-order valence-corrected chi connectivity index (χ2v) is 11.6. The Bertz CT molecular complexity index is 1050. The van der Waals surface area contributed by atoms with Crippen molar-refractivity contribution in [3.05, 3.63) is 88.0 Å². The van der Waals surface area contributed by atoms with E-state index in [0.717, 1.165) is 43.4 Å². The number of hydrogen-bond acceptors (Lipinski definition) is 2. The second-order valence-electron chi connectivity index (χ2n) is 9.05. The van der Waals surface area contributed by atoms with Crippen molar-refractivity contribution in [3.8, 4) is 0 Å². The fourth-order valence-electron chi connectivity index (χ4n) is 5.11. The molecular weight excluding hydrogens is 448 g/mol. The predicted molar refractivity (Wildman–Crippen MR) is 150 cm³/mol. The number of carbonyl (C=O) groups excluding carboxylic acids is 1. The van der Waals surface area contributed by atoms with Crippen LogP contribution in [0.5, 0.6) is 0 Å². The minimum Gasteiger partial charge on any atom is -0.402 e. The van der Waals surface area contributed by atoms with E-state index in [0.29, 0.717) is 0 Å². The molecule has 188 valence electrons. The molecule has 0 bridgehead atoms. The fraction of sp³-hybridized carbons (Fsp3) is 0.406. The molecule has 0 aliphatic rings. The average molecular weight is 491 g/mol. The summed E-state index contributed by atoms with van der Waals surface area (Å²) in [6.45, 7) is 14.9. The number of hydrogen-bond donors (Lipinski definition) is 0. The van der Waals surface area contributed by atoms with Crippen LogP contribution in [0, 0.1) is 0 Å². The molecule has 0 aliphatic heterocycles. The fourth-order valence-corrected chi connectivity index (χ4v) is 9.23. The van der Waals surface area contributed by atoms with E-state index in [-0.39, 0.29) is 5.97 Å². The van der Waals surface area contributed by atoms with Crippen LogP contribution in [-0.4, -0.2) is 5.97 Å². The van der Waals surface area contributed by atoms with Gasteiger partial charge in [0, 0.05) is 21.6 Å². The van der Waals surface area contributed by atoms with Gasteiger partial charge in [0.2, 0.25) is 0 Å². The van der Waals surface area contributed by atoms with Crippen molar-refractivity contribution in [3.63, 3.8) is 0 Å². The van der Waals surface area contributed by atoms with Crippen LogP contribution in [0.1, 0.15) is 81.8 Å². The Morgan fingerprint density at radius 3 is 1.29 bits per heavy atom. The standard InChI is InChI=1S/C32H42O2S/c1-8-24-19-26(10-3)31(27(11-4)20-24)35(34-23(7)33,30-17-15-14-16-18-30)32-28(12-5)21-25(9-2)22-29(32)13-6/h14-22H,8-13H2,1-7H3. The van der Waals surface area contributed by atoms with Crippen LogP contribution in [0.3, 0.4) is 0 Å². The Balaban J connectivity index is 2.64. The molecule has 3 heteroatoms. The topological polar surface area (TPSA) is 26.3 Å². The van der Waals surface area contributed by atoms with E-state index in [1.807, 2.05) is 6.07 Å². The Morgan fingerprint density at radius 2 is 1.00 bits per heavy atom. The van der Waals surface area contributed by atoms with Crippen molar-refractivity contribution in [2.75, 3.05) is 0 Å². The van der Waals surface area contributed by atoms with Gasteiger partial charge in [-0.15, -0.1) is 0 Å². The summed E-state index contributed by atoms with van der Waals surface area (Å²) < 4.78 is 6.76. The molecule has 0 aromatic heterocycles. The average Bonchev–Trinajstić information content (AvgIpc) is 2.90. The summed E-state index contributed by atoms with van der Waals surface area (Å²) in [6.07, 6.45) is 5.58. The lowest BCUT2D eigenvalue weighted by Crippen LogP contribution is -2.18. The highest BCUT2D eigenvalue weighted by atomic mass is 32.3. The molecule has 3 aromatic rings. The summed E-state index contributed by atoms with van der Waals surface area (Å²) in [6, 6.07) is 19.9. The van der Waals surface area contributed by atoms with Crippen molar-refractivity contribution < 1.29 is 8.98 Å². The number of rotatable bonds is 10. The van der Waals surface area contributed by atoms with Gasteiger partial charge in [0.1, 0.15) is 0 Å². The van der Waals surface area contributed by atoms with E-state index in [4.69, 9.17) is 4.18 Å². The van der Waals surface area contributed by atoms with Gasteiger partial charge in [0.05, 0.1) is 0 Å². The van der Waals surface area contributed by atoms with Gasteiger partial charge in [0.25, 0.3) is 0 Å². The quantitative estimate of drug-likeness (QED) is 0.284. The van der Waals surface area contributed by atoms with Crippen molar-refractivity contribution in [2.45, 2.75) is 102 Å². The van der Waals surface area contributed by atoms with Gasteiger partial charge in [0.15, 0.2) is 0 Å². The highest BCUT2D eigenvalue weighted by Crippen LogP contribution is 2.72. The van der Waals surface area contributed by atoms with Gasteiger partial charge in [-0.05, 0) is 94.3 Å². The van der Waals surface area contributed by atoms with E-state index in [9.17, 15) is 4.79 Å². The third-order valence-electron chi connectivity index (χ3n) is 6.84. The van der Waals surface area contributed by atoms with Crippen LogP contribution in [0.2, 0.25) is 0 Å². The Kier molecular flexibility index (Phi) is 9.24. The number of benzene rings is 3. The highest BCUT2D eigenvalue weighted by Gasteiger charge is 2.41. The zero-order valence-corrected chi connectivity index (χ0v) is 23.5. The summed E-state index contributed by atoms with van der Waals surface area (Å²) >= 11 is 0. The molecule has 0 unspecified atom stereocenters. The van der Waals surface area contributed by atoms with Crippen LogP contribution in [0.25, 0.3) is 0 Å². The lowest BCUT2D eigenvalue weighted by atomic mass is 10.0. The predicted octanol–water partition coefficient (Wildman–Crippen LogP) is 8.82. The zero-order valence-electron chi connectivity index (χ0n) is 22.7. The van der Waals surface area contributed by atoms with Crippen LogP contribution < -0.4 is 0 Å². The van der Waals surface area contributed by atoms with Gasteiger partial charge in [-0.2, -0.15) is 0 Å². The monoisotopic (exact) mass is 490 g/mol. The molecule has 0 saturated carbocycles. The summed E-state index contributed by atoms with van der Waals surface area (Å²) in [4.78, 5) is 16.6. The third-order valence-corrected chi connectivity index (χ3v) is 10.5. The van der Waals surface area contributed by atoms with Crippen molar-refractivity contribution in [2.24, 2.45) is 0 Å². The van der Waals surface area contributed by atoms with E-state index in [2.05, 4.69) is 90.1 Å². The lowest BCUT2D eigenvalue weighted by molar-refractivity contribution is -0.131. The molecule has 0 amide bonds. The maximum Gasteiger partial charge on any atom is 0.313 e. The molecule has 3 aromatic carbocycles. The minimum absolute atomic E-state index is 0.226. The minimum atomic E-state index is -2.30. The first-order chi connectivity index (χ1) is 16.9. The Labute approximate surface area is 214 Å². The molecule has 0 aliphatic carbocycles. The molecule has 35 heavy (non-hydrogen) atoms. The molecule has 0 fully saturated rings. The van der Waals surface area contributed by atoms with Crippen LogP contribution in [-0.2, 0) is 47.5 Å². The van der Waals surface area contributed by atoms with Crippen molar-refractivity contribution >= 4 is 16.3 Å². The van der Waals surface area contributed by atoms with Crippen molar-refractivity contribution in [1.82, 2.24) is 0 Å². The van der Waals surface area contributed by atoms with E-state index >= 15 is 0 Å². The maximum absolute atomic E-state index is 13.0. The van der Waals surface area contributed by atoms with Gasteiger partial charge in [-0.3, -0.25) is 4.79 Å².